The number of allylic oxidation sites excluding steroid dienone is 1. The smallest absolute Gasteiger partial charge is 0.340 e. The fourth-order valence-electron chi connectivity index (χ4n) is 6.90. The van der Waals surface area contributed by atoms with Gasteiger partial charge in [-0.2, -0.15) is 0 Å². The molecule has 1 saturated carbocycles. The minimum atomic E-state index is -0.799. The van der Waals surface area contributed by atoms with Crippen molar-refractivity contribution < 1.29 is 38.8 Å². The quantitative estimate of drug-likeness (QED) is 0.452. The van der Waals surface area contributed by atoms with Crippen molar-refractivity contribution in [3.05, 3.63) is 34.3 Å². The Kier molecular flexibility index (Phi) is 6.04. The lowest BCUT2D eigenvalue weighted by Crippen LogP contribution is -2.52. The van der Waals surface area contributed by atoms with E-state index in [1.807, 2.05) is 11.8 Å². The molecule has 35 heavy (non-hydrogen) atoms. The highest BCUT2D eigenvalue weighted by Crippen LogP contribution is 2.59. The van der Waals surface area contributed by atoms with Crippen LogP contribution in [0.4, 0.5) is 0 Å². The molecular formula is C26H33NO8. The van der Waals surface area contributed by atoms with Gasteiger partial charge in [-0.15, -0.1) is 0 Å². The lowest BCUT2D eigenvalue weighted by Gasteiger charge is -2.49. The van der Waals surface area contributed by atoms with E-state index in [1.165, 1.54) is 14.0 Å². The topological polar surface area (TPSA) is 123 Å². The third-order valence-corrected chi connectivity index (χ3v) is 8.51. The molecule has 9 heteroatoms. The van der Waals surface area contributed by atoms with Crippen molar-refractivity contribution in [3.8, 4) is 0 Å². The van der Waals surface area contributed by atoms with E-state index in [9.17, 15) is 24.6 Å². The number of hydrogen-bond acceptors (Lipinski definition) is 9. The van der Waals surface area contributed by atoms with Gasteiger partial charge in [0.25, 0.3) is 0 Å². The molecule has 2 heterocycles. The Bertz CT molecular complexity index is 1050. The third-order valence-electron chi connectivity index (χ3n) is 8.51. The Morgan fingerprint density at radius 2 is 1.94 bits per heavy atom. The van der Waals surface area contributed by atoms with E-state index in [0.717, 1.165) is 25.9 Å². The fourth-order valence-corrected chi connectivity index (χ4v) is 6.90. The summed E-state index contributed by atoms with van der Waals surface area (Å²) in [6.07, 6.45) is 2.84. The van der Waals surface area contributed by atoms with Crippen LogP contribution in [0.1, 0.15) is 46.0 Å². The average Bonchev–Trinajstić information content (AvgIpc) is 3.41. The first-order valence-electron chi connectivity index (χ1n) is 12.4. The molecule has 0 aromatic heterocycles. The van der Waals surface area contributed by atoms with Gasteiger partial charge in [0.2, 0.25) is 5.78 Å². The highest BCUT2D eigenvalue weighted by Gasteiger charge is 2.60. The number of aliphatic hydroxyl groups excluding tert-OH is 2. The van der Waals surface area contributed by atoms with Crippen molar-refractivity contribution >= 4 is 17.7 Å². The largest absolute Gasteiger partial charge is 0.504 e. The van der Waals surface area contributed by atoms with Gasteiger partial charge in [-0.1, -0.05) is 6.92 Å². The highest BCUT2D eigenvalue weighted by atomic mass is 16.6. The molecule has 9 nitrogen and oxygen atoms in total. The second kappa shape index (κ2) is 8.78. The standard InChI is InChI=1S/C26H33NO8/c1-13(28)34-16-10-26(2)15(6-7-18(26)29)20-21(16)22-17(12-33-3)35-25(32)14(11-27-8-4-5-9-27)19(22)23(30)24(20)31/h11,15-18,22,29-30H,4-10,12H2,1-3H3/b14-11+/t15?,16-,17-,18?,22?,26+/m1/s1. The maximum Gasteiger partial charge on any atom is 0.340 e. The fraction of sp³-hybridized carbons (Fsp3) is 0.654. The van der Waals surface area contributed by atoms with Crippen LogP contribution in [0.15, 0.2) is 34.3 Å². The van der Waals surface area contributed by atoms with Gasteiger partial charge in [-0.05, 0) is 43.6 Å². The highest BCUT2D eigenvalue weighted by molar-refractivity contribution is 6.12. The zero-order valence-corrected chi connectivity index (χ0v) is 20.4. The Morgan fingerprint density at radius 3 is 2.60 bits per heavy atom. The van der Waals surface area contributed by atoms with E-state index >= 15 is 0 Å². The molecule has 5 aliphatic rings. The molecule has 2 saturated heterocycles. The van der Waals surface area contributed by atoms with Crippen LogP contribution in [0, 0.1) is 17.3 Å². The van der Waals surface area contributed by atoms with E-state index < -0.39 is 53.1 Å². The Labute approximate surface area is 204 Å². The summed E-state index contributed by atoms with van der Waals surface area (Å²) in [5, 5.41) is 22.1. The molecule has 3 fully saturated rings. The van der Waals surface area contributed by atoms with Gasteiger partial charge >= 0.3 is 11.9 Å². The van der Waals surface area contributed by atoms with Crippen LogP contribution in [0.2, 0.25) is 0 Å². The predicted octanol–water partition coefficient (Wildman–Crippen LogP) is 1.96. The molecule has 6 atom stereocenters. The number of esters is 2. The Hall–Kier alpha value is -2.65. The first-order valence-corrected chi connectivity index (χ1v) is 12.4. The molecule has 0 radical (unpaired) electrons. The Morgan fingerprint density at radius 1 is 1.23 bits per heavy atom. The molecule has 3 unspecified atom stereocenters. The van der Waals surface area contributed by atoms with Gasteiger partial charge in [-0.3, -0.25) is 9.59 Å². The number of methoxy groups -OCH3 is 1. The SMILES string of the molecule is COC[C@H]1OC(=O)/C(=C/N2CCCC2)C2=C(O)C(=O)C3=C(C21)[C@H](OC(C)=O)C[C@]1(C)C(O)CCC31. The minimum Gasteiger partial charge on any atom is -0.504 e. The first-order chi connectivity index (χ1) is 16.7. The van der Waals surface area contributed by atoms with Crippen LogP contribution >= 0.6 is 0 Å². The van der Waals surface area contributed by atoms with Gasteiger partial charge in [0, 0.05) is 49.9 Å². The van der Waals surface area contributed by atoms with Crippen LogP contribution in [0.5, 0.6) is 0 Å². The Balaban J connectivity index is 1.70. The van der Waals surface area contributed by atoms with Crippen molar-refractivity contribution in [3.63, 3.8) is 0 Å². The molecule has 2 N–H and O–H groups in total. The summed E-state index contributed by atoms with van der Waals surface area (Å²) in [5.74, 6) is -3.15. The summed E-state index contributed by atoms with van der Waals surface area (Å²) in [6.45, 7) is 4.81. The number of hydrogen-bond donors (Lipinski definition) is 2. The lowest BCUT2D eigenvalue weighted by atomic mass is 9.58. The number of carbonyl (C=O) groups excluding carboxylic acids is 3. The molecular weight excluding hydrogens is 454 g/mol. The maximum absolute atomic E-state index is 13.8. The molecule has 0 spiro atoms. The first kappa shape index (κ1) is 24.1. The summed E-state index contributed by atoms with van der Waals surface area (Å²) >= 11 is 0. The predicted molar refractivity (Wildman–Crippen MR) is 123 cm³/mol. The number of ether oxygens (including phenoxy) is 3. The van der Waals surface area contributed by atoms with E-state index in [0.29, 0.717) is 30.4 Å². The number of Topliss-reactive ketones (excluding diaryl/α,β-unsaturated/α-hetero) is 1. The number of nitrogens with zero attached hydrogens (tertiary/aromatic N) is 1. The second-order valence-corrected chi connectivity index (χ2v) is 10.6. The van der Waals surface area contributed by atoms with Crippen molar-refractivity contribution in [2.45, 2.75) is 64.3 Å². The molecule has 2 aliphatic heterocycles. The number of aliphatic hydroxyl groups is 2. The molecule has 0 aromatic rings. The van der Waals surface area contributed by atoms with E-state index in [1.54, 1.807) is 6.20 Å². The zero-order chi connectivity index (χ0) is 25.1. The third kappa shape index (κ3) is 3.71. The zero-order valence-electron chi connectivity index (χ0n) is 20.4. The summed E-state index contributed by atoms with van der Waals surface area (Å²) in [7, 11) is 1.49. The van der Waals surface area contributed by atoms with Crippen molar-refractivity contribution in [1.29, 1.82) is 0 Å². The molecule has 190 valence electrons. The van der Waals surface area contributed by atoms with Crippen LogP contribution in [0.25, 0.3) is 0 Å². The lowest BCUT2D eigenvalue weighted by molar-refractivity contribution is -0.155. The number of carbonyl (C=O) groups is 3. The van der Waals surface area contributed by atoms with E-state index in [2.05, 4.69) is 0 Å². The molecule has 3 aliphatic carbocycles. The molecule has 0 aromatic carbocycles. The summed E-state index contributed by atoms with van der Waals surface area (Å²) < 4.78 is 16.9. The molecule has 0 amide bonds. The van der Waals surface area contributed by atoms with Crippen molar-refractivity contribution in [2.75, 3.05) is 26.8 Å². The maximum atomic E-state index is 13.8. The summed E-state index contributed by atoms with van der Waals surface area (Å²) in [4.78, 5) is 41.0. The van der Waals surface area contributed by atoms with Gasteiger partial charge in [-0.25, -0.2) is 4.79 Å². The van der Waals surface area contributed by atoms with E-state index in [-0.39, 0.29) is 23.7 Å². The normalized spacial score (nSPS) is 37.9. The van der Waals surface area contributed by atoms with Crippen LogP contribution in [0.3, 0.4) is 0 Å². The number of rotatable bonds is 4. The van der Waals surface area contributed by atoms with Crippen LogP contribution in [-0.4, -0.2) is 78.0 Å². The van der Waals surface area contributed by atoms with Gasteiger partial charge in [0.15, 0.2) is 5.76 Å². The number of ketones is 1. The minimum absolute atomic E-state index is 0.0481. The molecule has 0 bridgehead atoms. The van der Waals surface area contributed by atoms with Crippen molar-refractivity contribution in [1.82, 2.24) is 4.90 Å². The number of fused-ring (bicyclic) bond motifs is 4. The van der Waals surface area contributed by atoms with Crippen LogP contribution in [-0.2, 0) is 28.6 Å². The second-order valence-electron chi connectivity index (χ2n) is 10.6. The van der Waals surface area contributed by atoms with Crippen molar-refractivity contribution in [2.24, 2.45) is 17.3 Å². The van der Waals surface area contributed by atoms with Gasteiger partial charge < -0.3 is 29.3 Å². The van der Waals surface area contributed by atoms with Gasteiger partial charge in [0.1, 0.15) is 12.2 Å². The molecule has 5 rings (SSSR count). The summed E-state index contributed by atoms with van der Waals surface area (Å²) in [6, 6.07) is 0. The van der Waals surface area contributed by atoms with Gasteiger partial charge in [0.05, 0.1) is 24.2 Å². The monoisotopic (exact) mass is 487 g/mol. The number of likely N-dealkylation sites (tertiary alicyclic amines) is 1. The number of cyclic esters (lactones) is 1. The summed E-state index contributed by atoms with van der Waals surface area (Å²) in [5.41, 5.74) is 0.646. The average molecular weight is 488 g/mol. The van der Waals surface area contributed by atoms with E-state index in [4.69, 9.17) is 14.2 Å². The van der Waals surface area contributed by atoms with Crippen LogP contribution < -0.4 is 0 Å².